The molecule has 16 heavy (non-hydrogen) atoms. The van der Waals surface area contributed by atoms with E-state index in [0.717, 1.165) is 19.4 Å². The van der Waals surface area contributed by atoms with Crippen molar-refractivity contribution in [3.8, 4) is 0 Å². The lowest BCUT2D eigenvalue weighted by molar-refractivity contribution is 0.0729. The molecule has 1 aromatic heterocycles. The number of rotatable bonds is 1. The molecule has 2 heterocycles. The van der Waals surface area contributed by atoms with Crippen molar-refractivity contribution >= 4 is 21.8 Å². The van der Waals surface area contributed by atoms with Gasteiger partial charge in [0.1, 0.15) is 0 Å². The molecule has 1 aromatic rings. The van der Waals surface area contributed by atoms with Crippen LogP contribution in [0.25, 0.3) is 0 Å². The molecule has 0 bridgehead atoms. The summed E-state index contributed by atoms with van der Waals surface area (Å²) < 4.78 is 0. The van der Waals surface area contributed by atoms with Gasteiger partial charge in [-0.3, -0.25) is 9.59 Å². The molecule has 0 aromatic carbocycles. The van der Waals surface area contributed by atoms with Crippen LogP contribution >= 0.6 is 15.9 Å². The van der Waals surface area contributed by atoms with Crippen LogP contribution in [0.5, 0.6) is 0 Å². The molecule has 1 atom stereocenters. The molecule has 1 N–H and O–H groups in total. The van der Waals surface area contributed by atoms with Gasteiger partial charge in [-0.25, -0.2) is 0 Å². The molecular weight excluding hydrogens is 272 g/mol. The van der Waals surface area contributed by atoms with Crippen LogP contribution in [-0.2, 0) is 0 Å². The third-order valence-corrected chi connectivity index (χ3v) is 3.42. The molecule has 0 radical (unpaired) electrons. The number of nitrogens with one attached hydrogen (secondary N) is 1. The monoisotopic (exact) mass is 284 g/mol. The van der Waals surface area contributed by atoms with Gasteiger partial charge in [-0.05, 0) is 18.9 Å². The molecular formula is C11H13BrN2O2. The summed E-state index contributed by atoms with van der Waals surface area (Å²) in [6.45, 7) is 1.49. The van der Waals surface area contributed by atoms with Crippen molar-refractivity contribution in [1.82, 2.24) is 9.88 Å². The predicted molar refractivity (Wildman–Crippen MR) is 64.9 cm³/mol. The Morgan fingerprint density at radius 3 is 3.06 bits per heavy atom. The highest BCUT2D eigenvalue weighted by molar-refractivity contribution is 9.09. The van der Waals surface area contributed by atoms with E-state index in [2.05, 4.69) is 20.9 Å². The molecule has 4 nitrogen and oxygen atoms in total. The maximum atomic E-state index is 12.0. The zero-order valence-electron chi connectivity index (χ0n) is 8.78. The van der Waals surface area contributed by atoms with Crippen molar-refractivity contribution in [3.05, 3.63) is 34.2 Å². The maximum Gasteiger partial charge on any atom is 0.254 e. The van der Waals surface area contributed by atoms with Gasteiger partial charge in [-0.2, -0.15) is 0 Å². The van der Waals surface area contributed by atoms with Crippen molar-refractivity contribution in [2.75, 3.05) is 13.1 Å². The Bertz CT molecular complexity index is 444. The molecule has 1 unspecified atom stereocenters. The number of carbonyl (C=O) groups excluding carboxylic acids is 1. The number of H-pyrrole nitrogens is 1. The molecule has 1 amide bonds. The lowest BCUT2D eigenvalue weighted by Crippen LogP contribution is -2.40. The highest BCUT2D eigenvalue weighted by Gasteiger charge is 2.22. The number of aromatic amines is 1. The number of halogens is 1. The average molecular weight is 285 g/mol. The first-order chi connectivity index (χ1) is 7.66. The fraction of sp³-hybridized carbons (Fsp3) is 0.455. The SMILES string of the molecule is O=C(c1cc[nH]c(=O)c1)N1CCCC(Br)C1. The molecule has 1 fully saturated rings. The Labute approximate surface area is 102 Å². The van der Waals surface area contributed by atoms with Gasteiger partial charge in [0.15, 0.2) is 0 Å². The predicted octanol–water partition coefficient (Wildman–Crippen LogP) is 1.37. The number of hydrogen-bond acceptors (Lipinski definition) is 2. The van der Waals surface area contributed by atoms with Gasteiger partial charge in [-0.1, -0.05) is 15.9 Å². The Kier molecular flexibility index (Phi) is 3.43. The van der Waals surface area contributed by atoms with E-state index in [-0.39, 0.29) is 11.5 Å². The zero-order chi connectivity index (χ0) is 11.5. The van der Waals surface area contributed by atoms with E-state index >= 15 is 0 Å². The van der Waals surface area contributed by atoms with Crippen molar-refractivity contribution < 1.29 is 4.79 Å². The fourth-order valence-corrected chi connectivity index (χ4v) is 2.54. The molecule has 2 rings (SSSR count). The number of pyridine rings is 1. The van der Waals surface area contributed by atoms with Gasteiger partial charge in [0, 0.05) is 35.7 Å². The van der Waals surface area contributed by atoms with Gasteiger partial charge in [0.05, 0.1) is 0 Å². The summed E-state index contributed by atoms with van der Waals surface area (Å²) in [4.78, 5) is 27.8. The number of carbonyl (C=O) groups is 1. The van der Waals surface area contributed by atoms with Crippen LogP contribution in [0.4, 0.5) is 0 Å². The van der Waals surface area contributed by atoms with E-state index in [1.54, 1.807) is 11.0 Å². The number of piperidine rings is 1. The Balaban J connectivity index is 2.15. The standard InChI is InChI=1S/C11H13BrN2O2/c12-9-2-1-5-14(7-9)11(16)8-3-4-13-10(15)6-8/h3-4,6,9H,1-2,5,7H2,(H,13,15). The van der Waals surface area contributed by atoms with E-state index in [1.165, 1.54) is 12.3 Å². The normalized spacial score (nSPS) is 20.8. The largest absolute Gasteiger partial charge is 0.338 e. The summed E-state index contributed by atoms with van der Waals surface area (Å²) >= 11 is 3.52. The first kappa shape index (κ1) is 11.4. The number of nitrogens with zero attached hydrogens (tertiary/aromatic N) is 1. The summed E-state index contributed by atoms with van der Waals surface area (Å²) in [6.07, 6.45) is 3.61. The van der Waals surface area contributed by atoms with Crippen LogP contribution in [0.1, 0.15) is 23.2 Å². The van der Waals surface area contributed by atoms with E-state index in [4.69, 9.17) is 0 Å². The second kappa shape index (κ2) is 4.82. The van der Waals surface area contributed by atoms with E-state index in [9.17, 15) is 9.59 Å². The molecule has 1 aliphatic heterocycles. The van der Waals surface area contributed by atoms with E-state index < -0.39 is 0 Å². The Morgan fingerprint density at radius 2 is 2.38 bits per heavy atom. The van der Waals surface area contributed by atoms with Crippen LogP contribution in [0.3, 0.4) is 0 Å². The fourth-order valence-electron chi connectivity index (χ4n) is 1.87. The van der Waals surface area contributed by atoms with Gasteiger partial charge >= 0.3 is 0 Å². The molecule has 86 valence electrons. The second-order valence-electron chi connectivity index (χ2n) is 3.93. The van der Waals surface area contributed by atoms with Crippen molar-refractivity contribution in [2.24, 2.45) is 0 Å². The molecule has 1 aliphatic rings. The number of alkyl halides is 1. The third kappa shape index (κ3) is 2.52. The van der Waals surface area contributed by atoms with Crippen LogP contribution < -0.4 is 5.56 Å². The van der Waals surface area contributed by atoms with Gasteiger partial charge in [0.25, 0.3) is 5.91 Å². The lowest BCUT2D eigenvalue weighted by Gasteiger charge is -2.30. The van der Waals surface area contributed by atoms with Crippen molar-refractivity contribution in [2.45, 2.75) is 17.7 Å². The van der Waals surface area contributed by atoms with Crippen molar-refractivity contribution in [1.29, 1.82) is 0 Å². The summed E-state index contributed by atoms with van der Waals surface area (Å²) in [5, 5.41) is 0. The summed E-state index contributed by atoms with van der Waals surface area (Å²) in [7, 11) is 0. The van der Waals surface area contributed by atoms with E-state index in [0.29, 0.717) is 16.9 Å². The topological polar surface area (TPSA) is 53.2 Å². The van der Waals surface area contributed by atoms with Crippen LogP contribution in [-0.4, -0.2) is 33.7 Å². The van der Waals surface area contributed by atoms with Gasteiger partial charge < -0.3 is 9.88 Å². The molecule has 1 saturated heterocycles. The quantitative estimate of drug-likeness (QED) is 0.792. The maximum absolute atomic E-state index is 12.0. The average Bonchev–Trinajstić information content (AvgIpc) is 2.28. The smallest absolute Gasteiger partial charge is 0.254 e. The molecule has 0 saturated carbocycles. The Hall–Kier alpha value is -1.10. The second-order valence-corrected chi connectivity index (χ2v) is 5.23. The highest BCUT2D eigenvalue weighted by atomic mass is 79.9. The summed E-state index contributed by atoms with van der Waals surface area (Å²) in [6, 6.07) is 2.99. The molecule has 0 spiro atoms. The summed E-state index contributed by atoms with van der Waals surface area (Å²) in [5.41, 5.74) is 0.226. The van der Waals surface area contributed by atoms with Gasteiger partial charge in [0.2, 0.25) is 5.56 Å². The number of likely N-dealkylation sites (tertiary alicyclic amines) is 1. The minimum absolute atomic E-state index is 0.0600. The van der Waals surface area contributed by atoms with Crippen molar-refractivity contribution in [3.63, 3.8) is 0 Å². The molecule has 0 aliphatic carbocycles. The number of amides is 1. The van der Waals surface area contributed by atoms with Gasteiger partial charge in [-0.15, -0.1) is 0 Å². The number of hydrogen-bond donors (Lipinski definition) is 1. The number of aromatic nitrogens is 1. The zero-order valence-corrected chi connectivity index (χ0v) is 10.4. The lowest BCUT2D eigenvalue weighted by atomic mass is 10.1. The third-order valence-electron chi connectivity index (χ3n) is 2.67. The van der Waals surface area contributed by atoms with Crippen LogP contribution in [0.15, 0.2) is 23.1 Å². The minimum Gasteiger partial charge on any atom is -0.338 e. The highest BCUT2D eigenvalue weighted by Crippen LogP contribution is 2.18. The van der Waals surface area contributed by atoms with Crippen LogP contribution in [0.2, 0.25) is 0 Å². The minimum atomic E-state index is -0.238. The van der Waals surface area contributed by atoms with Crippen LogP contribution in [0, 0.1) is 0 Å². The first-order valence-electron chi connectivity index (χ1n) is 5.29. The summed E-state index contributed by atoms with van der Waals surface area (Å²) in [5.74, 6) is -0.0600. The van der Waals surface area contributed by atoms with E-state index in [1.807, 2.05) is 0 Å². The first-order valence-corrected chi connectivity index (χ1v) is 6.20. The molecule has 5 heteroatoms. The Morgan fingerprint density at radius 1 is 1.56 bits per heavy atom.